The van der Waals surface area contributed by atoms with Gasteiger partial charge in [-0.1, -0.05) is 6.42 Å². The molecule has 1 atom stereocenters. The maximum absolute atomic E-state index is 12.1. The minimum absolute atomic E-state index is 0.106. The Hall–Kier alpha value is -1.29. The molecule has 1 aromatic rings. The molecule has 0 spiro atoms. The van der Waals surface area contributed by atoms with Gasteiger partial charge in [0.1, 0.15) is 6.54 Å². The lowest BCUT2D eigenvalue weighted by molar-refractivity contribution is -0.131. The van der Waals surface area contributed by atoms with E-state index in [2.05, 4.69) is 0 Å². The third-order valence-electron chi connectivity index (χ3n) is 4.02. The molecule has 4 heteroatoms. The van der Waals surface area contributed by atoms with E-state index >= 15 is 0 Å². The molecule has 0 saturated heterocycles. The highest BCUT2D eigenvalue weighted by Gasteiger charge is 2.20. The summed E-state index contributed by atoms with van der Waals surface area (Å²) in [5, 5.41) is 10.1. The Morgan fingerprint density at radius 3 is 2.89 bits per heavy atom. The molecule has 1 aliphatic carbocycles. The maximum Gasteiger partial charge on any atom is 0.242 e. The number of hydrogen-bond donors (Lipinski definition) is 1. The van der Waals surface area contributed by atoms with Gasteiger partial charge in [-0.3, -0.25) is 4.79 Å². The molecule has 1 heterocycles. The first kappa shape index (κ1) is 14.1. The lowest BCUT2D eigenvalue weighted by atomic mass is 10.1. The van der Waals surface area contributed by atoms with Crippen LogP contribution < -0.4 is 0 Å². The van der Waals surface area contributed by atoms with Gasteiger partial charge in [0.15, 0.2) is 0 Å². The van der Waals surface area contributed by atoms with Crippen molar-refractivity contribution in [3.05, 3.63) is 23.5 Å². The van der Waals surface area contributed by atoms with E-state index < -0.39 is 0 Å². The average Bonchev–Trinajstić information content (AvgIpc) is 2.68. The smallest absolute Gasteiger partial charge is 0.242 e. The molecule has 0 saturated carbocycles. The van der Waals surface area contributed by atoms with Crippen LogP contribution in [0.25, 0.3) is 0 Å². The molecule has 0 bridgehead atoms. The quantitative estimate of drug-likeness (QED) is 0.850. The lowest BCUT2D eigenvalue weighted by Gasteiger charge is -2.21. The summed E-state index contributed by atoms with van der Waals surface area (Å²) in [6.07, 6.45) is 7.63. The van der Waals surface area contributed by atoms with Crippen LogP contribution in [-0.2, 0) is 17.8 Å². The van der Waals surface area contributed by atoms with Crippen LogP contribution in [0.4, 0.5) is 0 Å². The maximum atomic E-state index is 12.1. The summed E-state index contributed by atoms with van der Waals surface area (Å²) in [6, 6.07) is 0.214. The summed E-state index contributed by atoms with van der Waals surface area (Å²) in [7, 11) is 1.83. The van der Waals surface area contributed by atoms with Crippen LogP contribution in [0, 0.1) is 0 Å². The number of amides is 1. The first-order valence-electron chi connectivity index (χ1n) is 7.11. The lowest BCUT2D eigenvalue weighted by Crippen LogP contribution is -2.35. The second kappa shape index (κ2) is 5.78. The number of nitrogens with zero attached hydrogens (tertiary/aromatic N) is 2. The molecule has 1 aromatic heterocycles. The monoisotopic (exact) mass is 264 g/mol. The zero-order valence-electron chi connectivity index (χ0n) is 12.1. The normalized spacial score (nSPS) is 19.1. The Bertz CT molecular complexity index is 451. The predicted molar refractivity (Wildman–Crippen MR) is 74.9 cm³/mol. The van der Waals surface area contributed by atoms with Crippen LogP contribution in [0.3, 0.4) is 0 Å². The molecule has 1 aliphatic rings. The SMILES string of the molecule is CC(C)N(C)C(=O)Cn1cc2c(c1)C(O)CCCC2. The fraction of sp³-hybridized carbons (Fsp3) is 0.667. The van der Waals surface area contributed by atoms with E-state index in [-0.39, 0.29) is 18.1 Å². The summed E-state index contributed by atoms with van der Waals surface area (Å²) >= 11 is 0. The first-order valence-corrected chi connectivity index (χ1v) is 7.11. The minimum Gasteiger partial charge on any atom is -0.388 e. The van der Waals surface area contributed by atoms with Crippen LogP contribution in [-0.4, -0.2) is 33.6 Å². The second-order valence-corrected chi connectivity index (χ2v) is 5.77. The predicted octanol–water partition coefficient (Wildman–Crippen LogP) is 2.11. The third-order valence-corrected chi connectivity index (χ3v) is 4.02. The van der Waals surface area contributed by atoms with E-state index in [1.165, 1.54) is 5.56 Å². The van der Waals surface area contributed by atoms with Gasteiger partial charge in [0.05, 0.1) is 6.10 Å². The van der Waals surface area contributed by atoms with E-state index in [4.69, 9.17) is 0 Å². The molecule has 106 valence electrons. The standard InChI is InChI=1S/C15H24N2O2/c1-11(2)16(3)15(19)10-17-8-12-6-4-5-7-14(18)13(12)9-17/h8-9,11,14,18H,4-7,10H2,1-3H3. The highest BCUT2D eigenvalue weighted by atomic mass is 16.3. The van der Waals surface area contributed by atoms with E-state index in [0.717, 1.165) is 31.2 Å². The number of rotatable bonds is 3. The highest BCUT2D eigenvalue weighted by molar-refractivity contribution is 5.76. The fourth-order valence-corrected chi connectivity index (χ4v) is 2.54. The average molecular weight is 264 g/mol. The first-order chi connectivity index (χ1) is 8.99. The minimum atomic E-state index is -0.364. The number of aromatic nitrogens is 1. The Morgan fingerprint density at radius 2 is 2.21 bits per heavy atom. The van der Waals surface area contributed by atoms with Crippen molar-refractivity contribution >= 4 is 5.91 Å². The molecule has 2 rings (SSSR count). The van der Waals surface area contributed by atoms with Gasteiger partial charge in [-0.15, -0.1) is 0 Å². The van der Waals surface area contributed by atoms with E-state index in [0.29, 0.717) is 6.54 Å². The number of aryl methyl sites for hydroxylation is 1. The van der Waals surface area contributed by atoms with Crippen LogP contribution in [0.2, 0.25) is 0 Å². The zero-order valence-corrected chi connectivity index (χ0v) is 12.1. The number of aliphatic hydroxyl groups is 1. The molecule has 0 fully saturated rings. The molecule has 1 unspecified atom stereocenters. The van der Waals surface area contributed by atoms with Gasteiger partial charge in [-0.2, -0.15) is 0 Å². The number of hydrogen-bond acceptors (Lipinski definition) is 2. The van der Waals surface area contributed by atoms with Crippen molar-refractivity contribution in [3.63, 3.8) is 0 Å². The van der Waals surface area contributed by atoms with Crippen molar-refractivity contribution in [2.24, 2.45) is 0 Å². The Kier molecular flexibility index (Phi) is 4.30. The Morgan fingerprint density at radius 1 is 1.47 bits per heavy atom. The van der Waals surface area contributed by atoms with Gasteiger partial charge >= 0.3 is 0 Å². The summed E-state index contributed by atoms with van der Waals surface area (Å²) in [4.78, 5) is 13.8. The number of carbonyl (C=O) groups excluding carboxylic acids is 1. The van der Waals surface area contributed by atoms with Crippen LogP contribution in [0.1, 0.15) is 50.3 Å². The summed E-state index contributed by atoms with van der Waals surface area (Å²) < 4.78 is 1.92. The van der Waals surface area contributed by atoms with Gasteiger partial charge in [-0.05, 0) is 38.7 Å². The molecule has 4 nitrogen and oxygen atoms in total. The van der Waals surface area contributed by atoms with E-state index in [9.17, 15) is 9.90 Å². The third kappa shape index (κ3) is 3.18. The van der Waals surface area contributed by atoms with Crippen molar-refractivity contribution < 1.29 is 9.90 Å². The van der Waals surface area contributed by atoms with Crippen molar-refractivity contribution in [3.8, 4) is 0 Å². The number of fused-ring (bicyclic) bond motifs is 1. The summed E-state index contributed by atoms with van der Waals surface area (Å²) in [5.41, 5.74) is 2.21. The van der Waals surface area contributed by atoms with Gasteiger partial charge < -0.3 is 14.6 Å². The fourth-order valence-electron chi connectivity index (χ4n) is 2.54. The molecule has 0 aromatic carbocycles. The number of likely N-dealkylation sites (N-methyl/N-ethyl adjacent to an activating group) is 1. The van der Waals surface area contributed by atoms with Gasteiger partial charge in [0.2, 0.25) is 5.91 Å². The summed E-state index contributed by atoms with van der Waals surface area (Å²) in [5.74, 6) is 0.106. The van der Waals surface area contributed by atoms with Crippen molar-refractivity contribution in [1.29, 1.82) is 0 Å². The molecular formula is C15H24N2O2. The number of aliphatic hydroxyl groups excluding tert-OH is 1. The summed E-state index contributed by atoms with van der Waals surface area (Å²) in [6.45, 7) is 4.37. The van der Waals surface area contributed by atoms with Crippen LogP contribution in [0.15, 0.2) is 12.4 Å². The van der Waals surface area contributed by atoms with Gasteiger partial charge in [-0.25, -0.2) is 0 Å². The van der Waals surface area contributed by atoms with Gasteiger partial charge in [0.25, 0.3) is 0 Å². The molecule has 0 aliphatic heterocycles. The largest absolute Gasteiger partial charge is 0.388 e. The van der Waals surface area contributed by atoms with Gasteiger partial charge in [0, 0.05) is 31.0 Å². The topological polar surface area (TPSA) is 45.5 Å². The van der Waals surface area contributed by atoms with Crippen molar-refractivity contribution in [2.75, 3.05) is 7.05 Å². The van der Waals surface area contributed by atoms with Crippen LogP contribution in [0.5, 0.6) is 0 Å². The van der Waals surface area contributed by atoms with E-state index in [1.54, 1.807) is 4.90 Å². The highest BCUT2D eigenvalue weighted by Crippen LogP contribution is 2.29. The molecule has 19 heavy (non-hydrogen) atoms. The van der Waals surface area contributed by atoms with Crippen molar-refractivity contribution in [2.45, 2.75) is 58.2 Å². The van der Waals surface area contributed by atoms with Crippen LogP contribution >= 0.6 is 0 Å². The molecule has 0 radical (unpaired) electrons. The number of carbonyl (C=O) groups is 1. The molecular weight excluding hydrogens is 240 g/mol. The zero-order chi connectivity index (χ0) is 14.0. The Labute approximate surface area is 115 Å². The second-order valence-electron chi connectivity index (χ2n) is 5.77. The Balaban J connectivity index is 2.11. The van der Waals surface area contributed by atoms with Crippen molar-refractivity contribution in [1.82, 2.24) is 9.47 Å². The van der Waals surface area contributed by atoms with E-state index in [1.807, 2.05) is 37.9 Å². The molecule has 1 amide bonds. The molecule has 1 N–H and O–H groups in total.